The molecule has 0 saturated heterocycles. The molecule has 3 aromatic rings. The van der Waals surface area contributed by atoms with Crippen LogP contribution in [0.2, 0.25) is 0 Å². The van der Waals surface area contributed by atoms with E-state index >= 15 is 0 Å². The summed E-state index contributed by atoms with van der Waals surface area (Å²) >= 11 is 0. The van der Waals surface area contributed by atoms with Crippen molar-refractivity contribution in [1.29, 1.82) is 0 Å². The van der Waals surface area contributed by atoms with E-state index in [9.17, 15) is 35.5 Å². The van der Waals surface area contributed by atoms with Crippen molar-refractivity contribution >= 4 is 17.9 Å². The van der Waals surface area contributed by atoms with Gasteiger partial charge in [-0.15, -0.1) is 0 Å². The van der Waals surface area contributed by atoms with Crippen LogP contribution < -0.4 is 5.43 Å². The highest BCUT2D eigenvalue weighted by Crippen LogP contribution is 2.38. The van der Waals surface area contributed by atoms with Crippen molar-refractivity contribution in [3.05, 3.63) is 76.6 Å². The highest BCUT2D eigenvalue weighted by Gasteiger charge is 2.42. The number of halogens is 7. The minimum atomic E-state index is -5.65. The second-order valence-electron chi connectivity index (χ2n) is 5.96. The minimum Gasteiger partial charge on any atom is -0.478 e. The monoisotopic (exact) mass is 446 g/mol. The smallest absolute Gasteiger partial charge is 0.422 e. The molecule has 3 rings (SSSR count). The Labute approximate surface area is 168 Å². The Bertz CT molecular complexity index is 1160. The molecular weight excluding hydrogens is 437 g/mol. The minimum absolute atomic E-state index is 0.0110. The molecule has 1 heterocycles. The number of rotatable bonds is 5. The second-order valence-corrected chi connectivity index (χ2v) is 5.96. The number of nitrogens with zero attached hydrogens (tertiary/aromatic N) is 1. The Balaban J connectivity index is 1.84. The third-order valence-corrected chi connectivity index (χ3v) is 3.94. The number of hydrogen-bond donors (Lipinski definition) is 2. The van der Waals surface area contributed by atoms with Gasteiger partial charge >= 0.3 is 12.1 Å². The summed E-state index contributed by atoms with van der Waals surface area (Å²) in [6.07, 6.45) is -4.82. The zero-order valence-electron chi connectivity index (χ0n) is 14.9. The number of carboxylic acids is 1. The largest absolute Gasteiger partial charge is 0.478 e. The summed E-state index contributed by atoms with van der Waals surface area (Å²) in [7, 11) is 0. The van der Waals surface area contributed by atoms with Gasteiger partial charge < -0.3 is 9.52 Å². The van der Waals surface area contributed by atoms with E-state index in [0.29, 0.717) is 5.56 Å². The number of hydrogen-bond acceptors (Lipinski definition) is 4. The maximum absolute atomic E-state index is 13.8. The average molecular weight is 446 g/mol. The summed E-state index contributed by atoms with van der Waals surface area (Å²) in [6.45, 7) is 0. The number of benzene rings is 2. The first-order valence-electron chi connectivity index (χ1n) is 8.16. The van der Waals surface area contributed by atoms with Gasteiger partial charge in [-0.25, -0.2) is 22.4 Å². The normalized spacial score (nSPS) is 11.8. The Morgan fingerprint density at radius 3 is 2.23 bits per heavy atom. The molecule has 0 radical (unpaired) electrons. The number of carbonyl (C=O) groups is 1. The number of carboxylic acid groups (broad SMARTS) is 1. The molecule has 12 heteroatoms. The fourth-order valence-corrected chi connectivity index (χ4v) is 2.52. The fraction of sp³-hybridized carbons (Fsp3) is 0.0526. The van der Waals surface area contributed by atoms with Crippen LogP contribution >= 0.6 is 0 Å². The highest BCUT2D eigenvalue weighted by atomic mass is 19.4. The van der Waals surface area contributed by atoms with E-state index < -0.39 is 46.7 Å². The van der Waals surface area contributed by atoms with E-state index in [1.54, 1.807) is 11.5 Å². The first-order chi connectivity index (χ1) is 14.5. The SMILES string of the molecule is O=C(O)c1cccc(-c2ccc(/C=N/Nc3c(F)c(F)c(C(F)(F)F)c(F)c3F)o2)c1. The molecule has 0 fully saturated rings. The predicted molar refractivity (Wildman–Crippen MR) is 93.6 cm³/mol. The molecule has 0 spiro atoms. The zero-order chi connectivity index (χ0) is 22.9. The molecule has 1 aromatic heterocycles. The van der Waals surface area contributed by atoms with Crippen LogP contribution in [0.5, 0.6) is 0 Å². The van der Waals surface area contributed by atoms with Gasteiger partial charge in [0.05, 0.1) is 11.8 Å². The molecule has 0 unspecified atom stereocenters. The van der Waals surface area contributed by atoms with Gasteiger partial charge in [-0.05, 0) is 24.3 Å². The van der Waals surface area contributed by atoms with Crippen LogP contribution in [-0.2, 0) is 6.18 Å². The van der Waals surface area contributed by atoms with E-state index in [1.165, 1.54) is 30.3 Å². The van der Waals surface area contributed by atoms with Gasteiger partial charge in [-0.3, -0.25) is 5.43 Å². The van der Waals surface area contributed by atoms with Crippen LogP contribution in [0.1, 0.15) is 21.7 Å². The Morgan fingerprint density at radius 2 is 1.65 bits per heavy atom. The first-order valence-corrected chi connectivity index (χ1v) is 8.16. The van der Waals surface area contributed by atoms with Gasteiger partial charge in [0.15, 0.2) is 23.3 Å². The van der Waals surface area contributed by atoms with E-state index in [0.717, 1.165) is 6.21 Å². The summed E-state index contributed by atoms with van der Waals surface area (Å²) in [5, 5.41) is 12.3. The van der Waals surface area contributed by atoms with Gasteiger partial charge in [0, 0.05) is 5.56 Å². The van der Waals surface area contributed by atoms with Crippen LogP contribution in [0.3, 0.4) is 0 Å². The van der Waals surface area contributed by atoms with Gasteiger partial charge in [0.2, 0.25) is 0 Å². The maximum Gasteiger partial charge on any atom is 0.422 e. The topological polar surface area (TPSA) is 74.8 Å². The molecule has 0 atom stereocenters. The van der Waals surface area contributed by atoms with Crippen LogP contribution in [0.25, 0.3) is 11.3 Å². The van der Waals surface area contributed by atoms with Crippen LogP contribution in [-0.4, -0.2) is 17.3 Å². The predicted octanol–water partition coefficient (Wildman–Crippen LogP) is 5.67. The van der Waals surface area contributed by atoms with Crippen molar-refractivity contribution in [1.82, 2.24) is 0 Å². The van der Waals surface area contributed by atoms with Gasteiger partial charge in [0.1, 0.15) is 22.8 Å². The average Bonchev–Trinajstić information content (AvgIpc) is 3.17. The van der Waals surface area contributed by atoms with Crippen LogP contribution in [0.4, 0.5) is 36.4 Å². The fourth-order valence-electron chi connectivity index (χ4n) is 2.52. The Kier molecular flexibility index (Phi) is 5.73. The number of alkyl halides is 3. The third kappa shape index (κ3) is 4.37. The van der Waals surface area contributed by atoms with Crippen molar-refractivity contribution in [2.45, 2.75) is 6.18 Å². The molecule has 0 amide bonds. The summed E-state index contributed by atoms with van der Waals surface area (Å²) in [4.78, 5) is 11.0. The van der Waals surface area contributed by atoms with Crippen molar-refractivity contribution in [2.75, 3.05) is 5.43 Å². The van der Waals surface area contributed by atoms with E-state index in [4.69, 9.17) is 9.52 Å². The van der Waals surface area contributed by atoms with Crippen LogP contribution in [0, 0.1) is 23.3 Å². The molecule has 0 aliphatic rings. The lowest BCUT2D eigenvalue weighted by atomic mass is 10.1. The van der Waals surface area contributed by atoms with Crippen molar-refractivity contribution < 1.29 is 45.1 Å². The lowest BCUT2D eigenvalue weighted by Crippen LogP contribution is -2.16. The molecular formula is C19H9F7N2O3. The summed E-state index contributed by atoms with van der Waals surface area (Å²) in [5.74, 6) is -10.9. The van der Waals surface area contributed by atoms with Crippen LogP contribution in [0.15, 0.2) is 45.9 Å². The second kappa shape index (κ2) is 8.13. The van der Waals surface area contributed by atoms with Crippen molar-refractivity contribution in [2.24, 2.45) is 5.10 Å². The zero-order valence-corrected chi connectivity index (χ0v) is 14.9. The molecule has 0 bridgehead atoms. The standard InChI is InChI=1S/C19H9F7N2O3/c20-13-12(19(24,25)26)14(21)16(23)17(15(13)22)28-27-7-10-4-5-11(31-10)8-2-1-3-9(6-8)18(29)30/h1-7,28H,(H,29,30)/b27-7+. The maximum atomic E-state index is 13.8. The van der Waals surface area contributed by atoms with Gasteiger partial charge in [0.25, 0.3) is 0 Å². The van der Waals surface area contributed by atoms with E-state index in [1.807, 2.05) is 0 Å². The molecule has 0 aliphatic heterocycles. The van der Waals surface area contributed by atoms with E-state index in [2.05, 4.69) is 5.10 Å². The van der Waals surface area contributed by atoms with Gasteiger partial charge in [-0.1, -0.05) is 12.1 Å². The first kappa shape index (κ1) is 21.9. The lowest BCUT2D eigenvalue weighted by molar-refractivity contribution is -0.143. The highest BCUT2D eigenvalue weighted by molar-refractivity contribution is 5.89. The summed E-state index contributed by atoms with van der Waals surface area (Å²) in [6, 6.07) is 8.43. The van der Waals surface area contributed by atoms with E-state index in [-0.39, 0.29) is 17.1 Å². The third-order valence-electron chi connectivity index (χ3n) is 3.94. The Morgan fingerprint density at radius 1 is 1.00 bits per heavy atom. The molecule has 0 saturated carbocycles. The summed E-state index contributed by atoms with van der Waals surface area (Å²) in [5.41, 5.74) is -2.30. The lowest BCUT2D eigenvalue weighted by Gasteiger charge is -2.13. The number of aromatic carboxylic acids is 1. The molecule has 5 nitrogen and oxygen atoms in total. The number of nitrogens with one attached hydrogen (secondary N) is 1. The molecule has 0 aliphatic carbocycles. The number of anilines is 1. The number of hydrazone groups is 1. The summed E-state index contributed by atoms with van der Waals surface area (Å²) < 4.78 is 97.8. The van der Waals surface area contributed by atoms with Crippen molar-refractivity contribution in [3.8, 4) is 11.3 Å². The van der Waals surface area contributed by atoms with Gasteiger partial charge in [-0.2, -0.15) is 18.3 Å². The van der Waals surface area contributed by atoms with Crippen molar-refractivity contribution in [3.63, 3.8) is 0 Å². The quantitative estimate of drug-likeness (QED) is 0.229. The number of furan rings is 1. The Hall–Kier alpha value is -3.83. The molecule has 162 valence electrons. The molecule has 2 N–H and O–H groups in total. The molecule has 2 aromatic carbocycles. The molecule has 31 heavy (non-hydrogen) atoms.